The molecule has 1 atom stereocenters. The highest BCUT2D eigenvalue weighted by Gasteiger charge is 2.26. The smallest absolute Gasteiger partial charge is 0.167 e. The second-order valence-corrected chi connectivity index (χ2v) is 8.88. The number of nitrogens with zero attached hydrogens (tertiary/aromatic N) is 6. The van der Waals surface area contributed by atoms with Gasteiger partial charge in [0.15, 0.2) is 17.4 Å². The van der Waals surface area contributed by atoms with Gasteiger partial charge in [-0.05, 0) is 18.2 Å². The minimum atomic E-state index is -0.901. The molecule has 188 valence electrons. The number of ether oxygens (including phenoxy) is 1. The number of aliphatic hydroxyl groups excluding tert-OH is 2. The SMILES string of the molecule is Cn1cc(-c2nc3cnc(C[C@H](O)CO)cc3nc2N2CCC(Oc3ccc(F)cc3F)CC2)cn1. The molecule has 1 aliphatic heterocycles. The van der Waals surface area contributed by atoms with Gasteiger partial charge in [0.2, 0.25) is 0 Å². The first-order valence-electron chi connectivity index (χ1n) is 11.7. The Bertz CT molecular complexity index is 1370. The molecule has 0 unspecified atom stereocenters. The summed E-state index contributed by atoms with van der Waals surface area (Å²) in [5, 5.41) is 23.2. The van der Waals surface area contributed by atoms with Crippen LogP contribution in [0.25, 0.3) is 22.3 Å². The summed E-state index contributed by atoms with van der Waals surface area (Å²) in [6.07, 6.45) is 5.53. The third-order valence-corrected chi connectivity index (χ3v) is 6.15. The lowest BCUT2D eigenvalue weighted by atomic mass is 10.1. The maximum atomic E-state index is 14.0. The second-order valence-electron chi connectivity index (χ2n) is 8.88. The fourth-order valence-electron chi connectivity index (χ4n) is 4.30. The molecule has 0 aliphatic carbocycles. The summed E-state index contributed by atoms with van der Waals surface area (Å²) in [5.41, 5.74) is 3.31. The molecular weight excluding hydrogens is 470 g/mol. The van der Waals surface area contributed by atoms with Gasteiger partial charge in [-0.1, -0.05) is 0 Å². The zero-order valence-electron chi connectivity index (χ0n) is 19.7. The minimum Gasteiger partial charge on any atom is -0.487 e. The molecule has 2 N–H and O–H groups in total. The summed E-state index contributed by atoms with van der Waals surface area (Å²) < 4.78 is 34.7. The zero-order chi connectivity index (χ0) is 25.2. The van der Waals surface area contributed by atoms with E-state index in [-0.39, 0.29) is 24.9 Å². The molecule has 0 spiro atoms. The lowest BCUT2D eigenvalue weighted by Gasteiger charge is -2.33. The molecule has 0 radical (unpaired) electrons. The van der Waals surface area contributed by atoms with Crippen molar-refractivity contribution in [2.24, 2.45) is 7.05 Å². The van der Waals surface area contributed by atoms with E-state index in [1.54, 1.807) is 23.1 Å². The first-order chi connectivity index (χ1) is 17.4. The lowest BCUT2D eigenvalue weighted by molar-refractivity contribution is 0.0948. The summed E-state index contributed by atoms with van der Waals surface area (Å²) in [6, 6.07) is 5.08. The van der Waals surface area contributed by atoms with Gasteiger partial charge >= 0.3 is 0 Å². The number of rotatable bonds is 7. The minimum absolute atomic E-state index is 0.0430. The van der Waals surface area contributed by atoms with Crippen LogP contribution in [0.2, 0.25) is 0 Å². The molecule has 4 heterocycles. The summed E-state index contributed by atoms with van der Waals surface area (Å²) in [4.78, 5) is 16.2. The third kappa shape index (κ3) is 5.12. The number of hydrogen-bond donors (Lipinski definition) is 2. The summed E-state index contributed by atoms with van der Waals surface area (Å²) in [7, 11) is 1.83. The number of hydrogen-bond acceptors (Lipinski definition) is 8. The first kappa shape index (κ1) is 24.0. The van der Waals surface area contributed by atoms with Crippen LogP contribution in [-0.4, -0.2) is 66.8 Å². The van der Waals surface area contributed by atoms with E-state index in [0.717, 1.165) is 11.6 Å². The molecule has 1 aromatic carbocycles. The number of piperidine rings is 1. The van der Waals surface area contributed by atoms with E-state index < -0.39 is 17.7 Å². The highest BCUT2D eigenvalue weighted by molar-refractivity contribution is 5.83. The van der Waals surface area contributed by atoms with Crippen molar-refractivity contribution in [1.29, 1.82) is 0 Å². The zero-order valence-corrected chi connectivity index (χ0v) is 19.7. The Balaban J connectivity index is 1.42. The molecule has 1 fully saturated rings. The molecule has 0 bridgehead atoms. The van der Waals surface area contributed by atoms with E-state index in [0.29, 0.717) is 54.2 Å². The Hall–Kier alpha value is -3.70. The number of aliphatic hydroxyl groups is 2. The molecule has 11 heteroatoms. The molecule has 3 aromatic heterocycles. The van der Waals surface area contributed by atoms with E-state index in [4.69, 9.17) is 19.8 Å². The van der Waals surface area contributed by atoms with Crippen LogP contribution in [0.3, 0.4) is 0 Å². The Labute approximate surface area is 206 Å². The van der Waals surface area contributed by atoms with Crippen LogP contribution in [0.1, 0.15) is 18.5 Å². The van der Waals surface area contributed by atoms with E-state index in [1.807, 2.05) is 13.2 Å². The quantitative estimate of drug-likeness (QED) is 0.402. The van der Waals surface area contributed by atoms with Crippen molar-refractivity contribution in [2.45, 2.75) is 31.5 Å². The molecule has 0 saturated carbocycles. The van der Waals surface area contributed by atoms with E-state index in [2.05, 4.69) is 15.0 Å². The van der Waals surface area contributed by atoms with Crippen LogP contribution < -0.4 is 9.64 Å². The Morgan fingerprint density at radius 3 is 2.61 bits per heavy atom. The number of pyridine rings is 1. The highest BCUT2D eigenvalue weighted by Crippen LogP contribution is 2.32. The van der Waals surface area contributed by atoms with Crippen molar-refractivity contribution in [3.8, 4) is 17.0 Å². The summed E-state index contributed by atoms with van der Waals surface area (Å²) in [5.74, 6) is -0.632. The van der Waals surface area contributed by atoms with Gasteiger partial charge in [0, 0.05) is 62.9 Å². The van der Waals surface area contributed by atoms with Crippen molar-refractivity contribution in [1.82, 2.24) is 24.7 Å². The predicted octanol–water partition coefficient (Wildman–Crippen LogP) is 2.65. The topological polar surface area (TPSA) is 109 Å². The maximum Gasteiger partial charge on any atom is 0.167 e. The van der Waals surface area contributed by atoms with Crippen molar-refractivity contribution >= 4 is 16.9 Å². The van der Waals surface area contributed by atoms with E-state index in [9.17, 15) is 13.9 Å². The largest absolute Gasteiger partial charge is 0.487 e. The van der Waals surface area contributed by atoms with Gasteiger partial charge < -0.3 is 19.8 Å². The van der Waals surface area contributed by atoms with Crippen molar-refractivity contribution in [2.75, 3.05) is 24.6 Å². The van der Waals surface area contributed by atoms with Crippen LogP contribution in [0.15, 0.2) is 42.9 Å². The molecule has 4 aromatic rings. The maximum absolute atomic E-state index is 14.0. The molecule has 1 aliphatic rings. The van der Waals surface area contributed by atoms with Crippen molar-refractivity contribution < 1.29 is 23.7 Å². The molecule has 0 amide bonds. The Kier molecular flexibility index (Phi) is 6.75. The number of aromatic nitrogens is 5. The first-order valence-corrected chi connectivity index (χ1v) is 11.7. The van der Waals surface area contributed by atoms with E-state index >= 15 is 0 Å². The van der Waals surface area contributed by atoms with Crippen LogP contribution in [0.4, 0.5) is 14.6 Å². The number of benzene rings is 1. The summed E-state index contributed by atoms with van der Waals surface area (Å²) >= 11 is 0. The third-order valence-electron chi connectivity index (χ3n) is 6.15. The van der Waals surface area contributed by atoms with Crippen LogP contribution in [0.5, 0.6) is 5.75 Å². The molecular formula is C25H26F2N6O3. The van der Waals surface area contributed by atoms with Crippen molar-refractivity contribution in [3.05, 3.63) is 60.2 Å². The average Bonchev–Trinajstić information content (AvgIpc) is 3.31. The average molecular weight is 497 g/mol. The highest BCUT2D eigenvalue weighted by atomic mass is 19.1. The van der Waals surface area contributed by atoms with Crippen molar-refractivity contribution in [3.63, 3.8) is 0 Å². The monoisotopic (exact) mass is 496 g/mol. The van der Waals surface area contributed by atoms with Gasteiger partial charge in [0.05, 0.1) is 30.6 Å². The van der Waals surface area contributed by atoms with E-state index in [1.165, 1.54) is 12.1 Å². The molecule has 9 nitrogen and oxygen atoms in total. The van der Waals surface area contributed by atoms with Gasteiger partial charge in [-0.15, -0.1) is 0 Å². The number of halogens is 2. The fourth-order valence-corrected chi connectivity index (χ4v) is 4.30. The molecule has 5 rings (SSSR count). The predicted molar refractivity (Wildman–Crippen MR) is 129 cm³/mol. The fraction of sp³-hybridized carbons (Fsp3) is 0.360. The standard InChI is InChI=1S/C25H26F2N6O3/c1-32-13-15(11-29-32)24-25(31-21-10-17(9-18(35)14-34)28-12-22(21)30-24)33-6-4-19(5-7-33)36-23-3-2-16(26)8-20(23)27/h2-3,8,10-13,18-19,34-35H,4-7,9,14H2,1H3/t18-/m0/s1. The normalized spacial score (nSPS) is 15.4. The molecule has 1 saturated heterocycles. The van der Waals surface area contributed by atoms with Gasteiger partial charge in [0.1, 0.15) is 23.1 Å². The molecule has 36 heavy (non-hydrogen) atoms. The van der Waals surface area contributed by atoms with Crippen LogP contribution >= 0.6 is 0 Å². The van der Waals surface area contributed by atoms with Gasteiger partial charge in [-0.2, -0.15) is 5.10 Å². The Morgan fingerprint density at radius 1 is 1.11 bits per heavy atom. The van der Waals surface area contributed by atoms with Crippen LogP contribution in [0, 0.1) is 11.6 Å². The summed E-state index contributed by atoms with van der Waals surface area (Å²) in [6.45, 7) is 0.847. The van der Waals surface area contributed by atoms with Crippen LogP contribution in [-0.2, 0) is 13.5 Å². The van der Waals surface area contributed by atoms with Gasteiger partial charge in [-0.25, -0.2) is 18.7 Å². The second kappa shape index (κ2) is 10.1. The Morgan fingerprint density at radius 2 is 1.92 bits per heavy atom. The number of aryl methyl sites for hydroxylation is 1. The lowest BCUT2D eigenvalue weighted by Crippen LogP contribution is -2.39. The number of fused-ring (bicyclic) bond motifs is 1. The van der Waals surface area contributed by atoms with Gasteiger partial charge in [0.25, 0.3) is 0 Å². The number of anilines is 1. The van der Waals surface area contributed by atoms with Gasteiger partial charge in [-0.3, -0.25) is 9.67 Å².